The first-order chi connectivity index (χ1) is 7.19. The maximum absolute atomic E-state index is 6.20. The zero-order valence-corrected chi connectivity index (χ0v) is 11.7. The minimum Gasteiger partial charge on any atom is -0.269 e. The van der Waals surface area contributed by atoms with Crippen LogP contribution in [0.25, 0.3) is 0 Å². The van der Waals surface area contributed by atoms with Crippen molar-refractivity contribution in [2.24, 2.45) is 0 Å². The summed E-state index contributed by atoms with van der Waals surface area (Å²) < 4.78 is 3.13. The molecule has 2 nitrogen and oxygen atoms in total. The highest BCUT2D eigenvalue weighted by Gasteiger charge is 2.10. The Morgan fingerprint density at radius 1 is 1.47 bits per heavy atom. The first-order valence-corrected chi connectivity index (χ1v) is 6.76. The SMILES string of the molecule is CCCC(Cl)CCc1c(Br)cnn1CC. The van der Waals surface area contributed by atoms with Crippen LogP contribution in [0.1, 0.15) is 38.8 Å². The lowest BCUT2D eigenvalue weighted by Gasteiger charge is -2.09. The minimum absolute atomic E-state index is 0.294. The number of hydrogen-bond donors (Lipinski definition) is 0. The van der Waals surface area contributed by atoms with E-state index < -0.39 is 0 Å². The third kappa shape index (κ3) is 3.80. The molecular formula is C11H18BrClN2. The first kappa shape index (κ1) is 13.0. The third-order valence-electron chi connectivity index (χ3n) is 2.49. The van der Waals surface area contributed by atoms with Gasteiger partial charge in [-0.15, -0.1) is 11.6 Å². The van der Waals surface area contributed by atoms with Crippen LogP contribution in [0.2, 0.25) is 0 Å². The van der Waals surface area contributed by atoms with Crippen LogP contribution in [0.4, 0.5) is 0 Å². The van der Waals surface area contributed by atoms with E-state index in [1.807, 2.05) is 10.9 Å². The summed E-state index contributed by atoms with van der Waals surface area (Å²) in [5.41, 5.74) is 1.26. The molecule has 1 aromatic heterocycles. The van der Waals surface area contributed by atoms with E-state index in [2.05, 4.69) is 34.9 Å². The Hall–Kier alpha value is -0.0200. The molecule has 0 aliphatic rings. The van der Waals surface area contributed by atoms with Gasteiger partial charge in [0.25, 0.3) is 0 Å². The van der Waals surface area contributed by atoms with Gasteiger partial charge in [0.1, 0.15) is 0 Å². The van der Waals surface area contributed by atoms with Gasteiger partial charge in [0.15, 0.2) is 0 Å². The predicted molar refractivity (Wildman–Crippen MR) is 68.5 cm³/mol. The molecule has 86 valence electrons. The molecule has 1 atom stereocenters. The van der Waals surface area contributed by atoms with Gasteiger partial charge >= 0.3 is 0 Å². The van der Waals surface area contributed by atoms with Crippen LogP contribution in [-0.2, 0) is 13.0 Å². The van der Waals surface area contributed by atoms with Crippen molar-refractivity contribution >= 4 is 27.5 Å². The van der Waals surface area contributed by atoms with E-state index >= 15 is 0 Å². The van der Waals surface area contributed by atoms with Crippen molar-refractivity contribution in [2.75, 3.05) is 0 Å². The summed E-state index contributed by atoms with van der Waals surface area (Å²) in [5.74, 6) is 0. The van der Waals surface area contributed by atoms with Crippen molar-refractivity contribution < 1.29 is 0 Å². The fourth-order valence-corrected chi connectivity index (χ4v) is 2.48. The Bertz CT molecular complexity index is 299. The Kier molecular flexibility index (Phi) is 5.69. The largest absolute Gasteiger partial charge is 0.269 e. The van der Waals surface area contributed by atoms with Crippen LogP contribution < -0.4 is 0 Å². The van der Waals surface area contributed by atoms with Gasteiger partial charge in [-0.05, 0) is 42.1 Å². The molecule has 0 bridgehead atoms. The van der Waals surface area contributed by atoms with Gasteiger partial charge in [0.05, 0.1) is 16.4 Å². The lowest BCUT2D eigenvalue weighted by Crippen LogP contribution is -2.06. The monoisotopic (exact) mass is 292 g/mol. The summed E-state index contributed by atoms with van der Waals surface area (Å²) >= 11 is 9.72. The molecule has 0 N–H and O–H groups in total. The molecule has 0 aliphatic heterocycles. The molecule has 0 saturated heterocycles. The molecule has 0 aromatic carbocycles. The normalized spacial score (nSPS) is 13.1. The molecule has 0 radical (unpaired) electrons. The number of nitrogens with zero attached hydrogens (tertiary/aromatic N) is 2. The highest BCUT2D eigenvalue weighted by molar-refractivity contribution is 9.10. The van der Waals surface area contributed by atoms with E-state index in [0.717, 1.165) is 36.7 Å². The zero-order chi connectivity index (χ0) is 11.3. The summed E-state index contributed by atoms with van der Waals surface area (Å²) in [6.45, 7) is 5.19. The number of aryl methyl sites for hydroxylation is 1. The number of halogens is 2. The van der Waals surface area contributed by atoms with Gasteiger partial charge in [-0.2, -0.15) is 5.10 Å². The third-order valence-corrected chi connectivity index (χ3v) is 3.59. The Labute approximate surface area is 105 Å². The van der Waals surface area contributed by atoms with Crippen LogP contribution >= 0.6 is 27.5 Å². The van der Waals surface area contributed by atoms with Crippen molar-refractivity contribution in [3.63, 3.8) is 0 Å². The van der Waals surface area contributed by atoms with Gasteiger partial charge < -0.3 is 0 Å². The van der Waals surface area contributed by atoms with E-state index in [9.17, 15) is 0 Å². The maximum Gasteiger partial charge on any atom is 0.0635 e. The Balaban J connectivity index is 2.52. The van der Waals surface area contributed by atoms with Gasteiger partial charge in [-0.3, -0.25) is 4.68 Å². The summed E-state index contributed by atoms with van der Waals surface area (Å²) in [5, 5.41) is 4.58. The predicted octanol–water partition coefficient (Wildman–Crippen LogP) is 4.01. The van der Waals surface area contributed by atoms with Crippen molar-refractivity contribution in [3.8, 4) is 0 Å². The van der Waals surface area contributed by atoms with Gasteiger partial charge in [-0.1, -0.05) is 13.3 Å². The average Bonchev–Trinajstić information content (AvgIpc) is 2.57. The second-order valence-electron chi connectivity index (χ2n) is 3.68. The highest BCUT2D eigenvalue weighted by atomic mass is 79.9. The zero-order valence-electron chi connectivity index (χ0n) is 9.34. The standard InChI is InChI=1S/C11H18BrClN2/c1-3-5-9(13)6-7-11-10(12)8-14-15(11)4-2/h8-9H,3-7H2,1-2H3. The molecule has 1 unspecified atom stereocenters. The molecular weight excluding hydrogens is 275 g/mol. The van der Waals surface area contributed by atoms with Crippen LogP contribution in [0.5, 0.6) is 0 Å². The quantitative estimate of drug-likeness (QED) is 0.725. The average molecular weight is 294 g/mol. The molecule has 1 rings (SSSR count). The van der Waals surface area contributed by atoms with Crippen LogP contribution in [0, 0.1) is 0 Å². The van der Waals surface area contributed by atoms with E-state index in [-0.39, 0.29) is 0 Å². The fourth-order valence-electron chi connectivity index (χ4n) is 1.66. The smallest absolute Gasteiger partial charge is 0.0635 e. The van der Waals surface area contributed by atoms with Gasteiger partial charge in [-0.25, -0.2) is 0 Å². The van der Waals surface area contributed by atoms with Gasteiger partial charge in [0, 0.05) is 11.9 Å². The lowest BCUT2D eigenvalue weighted by molar-refractivity contribution is 0.593. The highest BCUT2D eigenvalue weighted by Crippen LogP contribution is 2.20. The van der Waals surface area contributed by atoms with Gasteiger partial charge in [0.2, 0.25) is 0 Å². The van der Waals surface area contributed by atoms with Crippen molar-refractivity contribution in [3.05, 3.63) is 16.4 Å². The van der Waals surface area contributed by atoms with E-state index in [1.165, 1.54) is 5.69 Å². The van der Waals surface area contributed by atoms with Crippen molar-refractivity contribution in [1.29, 1.82) is 0 Å². The molecule has 1 heterocycles. The number of alkyl halides is 1. The van der Waals surface area contributed by atoms with Crippen LogP contribution in [0.3, 0.4) is 0 Å². The molecule has 15 heavy (non-hydrogen) atoms. The summed E-state index contributed by atoms with van der Waals surface area (Å²) in [4.78, 5) is 0. The van der Waals surface area contributed by atoms with E-state index in [4.69, 9.17) is 11.6 Å². The fraction of sp³-hybridized carbons (Fsp3) is 0.727. The summed E-state index contributed by atoms with van der Waals surface area (Å²) in [6, 6.07) is 0. The van der Waals surface area contributed by atoms with Crippen LogP contribution in [0.15, 0.2) is 10.7 Å². The minimum atomic E-state index is 0.294. The molecule has 0 saturated carbocycles. The first-order valence-electron chi connectivity index (χ1n) is 5.53. The number of hydrogen-bond acceptors (Lipinski definition) is 1. The molecule has 0 aliphatic carbocycles. The maximum atomic E-state index is 6.20. The second kappa shape index (κ2) is 6.54. The molecule has 1 aromatic rings. The summed E-state index contributed by atoms with van der Waals surface area (Å²) in [7, 11) is 0. The Morgan fingerprint density at radius 3 is 2.80 bits per heavy atom. The molecule has 0 fully saturated rings. The summed E-state index contributed by atoms with van der Waals surface area (Å²) in [6.07, 6.45) is 6.14. The number of aromatic nitrogens is 2. The van der Waals surface area contributed by atoms with E-state index in [1.54, 1.807) is 0 Å². The second-order valence-corrected chi connectivity index (χ2v) is 5.15. The molecule has 0 spiro atoms. The van der Waals surface area contributed by atoms with Crippen LogP contribution in [-0.4, -0.2) is 15.2 Å². The Morgan fingerprint density at radius 2 is 2.20 bits per heavy atom. The topological polar surface area (TPSA) is 17.8 Å². The van der Waals surface area contributed by atoms with Crippen molar-refractivity contribution in [2.45, 2.75) is 51.5 Å². The molecule has 0 amide bonds. The lowest BCUT2D eigenvalue weighted by atomic mass is 10.1. The molecule has 4 heteroatoms. The number of rotatable bonds is 6. The van der Waals surface area contributed by atoms with E-state index in [0.29, 0.717) is 5.38 Å². The van der Waals surface area contributed by atoms with Crippen molar-refractivity contribution in [1.82, 2.24) is 9.78 Å².